The molecule has 1 unspecified atom stereocenters. The van der Waals surface area contributed by atoms with Crippen molar-refractivity contribution in [3.05, 3.63) is 30.2 Å². The summed E-state index contributed by atoms with van der Waals surface area (Å²) in [6.07, 6.45) is 3.96. The number of nitrogens with zero attached hydrogens (tertiary/aromatic N) is 4. The van der Waals surface area contributed by atoms with Gasteiger partial charge in [0.25, 0.3) is 0 Å². The minimum atomic E-state index is -0.825. The zero-order valence-electron chi connectivity index (χ0n) is 12.5. The number of pyridine rings is 1. The third-order valence-electron chi connectivity index (χ3n) is 3.97. The third kappa shape index (κ3) is 2.63. The zero-order valence-corrected chi connectivity index (χ0v) is 12.5. The van der Waals surface area contributed by atoms with Crippen molar-refractivity contribution in [2.75, 3.05) is 13.1 Å². The lowest BCUT2D eigenvalue weighted by Gasteiger charge is -2.35. The fourth-order valence-corrected chi connectivity index (χ4v) is 2.92. The van der Waals surface area contributed by atoms with Crippen molar-refractivity contribution in [2.45, 2.75) is 38.1 Å². The average molecular weight is 287 g/mol. The molecule has 3 rings (SSSR count). The number of aromatic nitrogens is 3. The Balaban J connectivity index is 1.85. The maximum Gasteiger partial charge on any atom is 0.242 e. The predicted molar refractivity (Wildman–Crippen MR) is 79.8 cm³/mol. The van der Waals surface area contributed by atoms with Gasteiger partial charge in [0, 0.05) is 25.2 Å². The zero-order chi connectivity index (χ0) is 15.0. The molecule has 1 aliphatic heterocycles. The number of hydrogen-bond donors (Lipinski definition) is 1. The predicted octanol–water partition coefficient (Wildman–Crippen LogP) is 1.17. The van der Waals surface area contributed by atoms with Crippen LogP contribution in [0.4, 0.5) is 0 Å². The quantitative estimate of drug-likeness (QED) is 0.899. The number of piperidine rings is 1. The number of amides is 1. The first-order chi connectivity index (χ1) is 9.97. The Bertz CT molecular complexity index is 657. The molecule has 6 heteroatoms. The van der Waals surface area contributed by atoms with Gasteiger partial charge in [0.1, 0.15) is 5.82 Å². The van der Waals surface area contributed by atoms with Gasteiger partial charge in [0.05, 0.1) is 5.54 Å². The lowest BCUT2D eigenvalue weighted by atomic mass is 9.95. The molecule has 0 radical (unpaired) electrons. The Kier molecular flexibility index (Phi) is 3.41. The lowest BCUT2D eigenvalue weighted by Crippen LogP contribution is -2.53. The molecule has 6 nitrogen and oxygen atoms in total. The first-order valence-electron chi connectivity index (χ1n) is 7.35. The Morgan fingerprint density at radius 1 is 1.38 bits per heavy atom. The molecular formula is C15H21N5O. The molecule has 1 saturated heterocycles. The van der Waals surface area contributed by atoms with E-state index >= 15 is 0 Å². The SMILES string of the molecule is CC(C)(N)C(=O)N1CCCC(c2nnc3ccccn23)C1. The molecule has 0 saturated carbocycles. The smallest absolute Gasteiger partial charge is 0.242 e. The van der Waals surface area contributed by atoms with E-state index in [0.717, 1.165) is 30.9 Å². The van der Waals surface area contributed by atoms with Crippen LogP contribution in [0.25, 0.3) is 5.65 Å². The summed E-state index contributed by atoms with van der Waals surface area (Å²) in [5.74, 6) is 1.14. The van der Waals surface area contributed by atoms with E-state index in [9.17, 15) is 4.79 Å². The molecule has 1 amide bonds. The highest BCUT2D eigenvalue weighted by Crippen LogP contribution is 2.27. The summed E-state index contributed by atoms with van der Waals surface area (Å²) < 4.78 is 2.01. The van der Waals surface area contributed by atoms with Crippen LogP contribution in [0.15, 0.2) is 24.4 Å². The van der Waals surface area contributed by atoms with Crippen LogP contribution in [0, 0.1) is 0 Å². The van der Waals surface area contributed by atoms with Gasteiger partial charge in [-0.1, -0.05) is 6.07 Å². The number of nitrogens with two attached hydrogens (primary N) is 1. The number of hydrogen-bond acceptors (Lipinski definition) is 4. The Hall–Kier alpha value is -1.95. The van der Waals surface area contributed by atoms with Gasteiger partial charge in [-0.3, -0.25) is 9.20 Å². The van der Waals surface area contributed by atoms with Crippen LogP contribution in [0.2, 0.25) is 0 Å². The van der Waals surface area contributed by atoms with Gasteiger partial charge in [-0.15, -0.1) is 10.2 Å². The van der Waals surface area contributed by atoms with Crippen molar-refractivity contribution in [3.8, 4) is 0 Å². The van der Waals surface area contributed by atoms with Crippen molar-refractivity contribution in [2.24, 2.45) is 5.73 Å². The highest BCUT2D eigenvalue weighted by molar-refractivity contribution is 5.85. The van der Waals surface area contributed by atoms with Crippen LogP contribution in [0.3, 0.4) is 0 Å². The van der Waals surface area contributed by atoms with E-state index < -0.39 is 5.54 Å². The molecule has 0 spiro atoms. The van der Waals surface area contributed by atoms with Crippen LogP contribution in [-0.4, -0.2) is 44.0 Å². The molecular weight excluding hydrogens is 266 g/mol. The molecule has 0 aromatic carbocycles. The number of fused-ring (bicyclic) bond motifs is 1. The number of carbonyl (C=O) groups excluding carboxylic acids is 1. The summed E-state index contributed by atoms with van der Waals surface area (Å²) in [6, 6.07) is 5.85. The van der Waals surface area contributed by atoms with E-state index in [2.05, 4.69) is 10.2 Å². The summed E-state index contributed by atoms with van der Waals surface area (Å²) in [4.78, 5) is 14.2. The van der Waals surface area contributed by atoms with Crippen molar-refractivity contribution in [1.82, 2.24) is 19.5 Å². The molecule has 1 aliphatic rings. The Morgan fingerprint density at radius 2 is 2.19 bits per heavy atom. The molecule has 2 N–H and O–H groups in total. The van der Waals surface area contributed by atoms with Crippen molar-refractivity contribution >= 4 is 11.6 Å². The van der Waals surface area contributed by atoms with Gasteiger partial charge in [-0.2, -0.15) is 0 Å². The van der Waals surface area contributed by atoms with E-state index in [1.165, 1.54) is 0 Å². The van der Waals surface area contributed by atoms with Crippen LogP contribution in [0.5, 0.6) is 0 Å². The molecule has 1 fully saturated rings. The molecule has 0 aliphatic carbocycles. The normalized spacial score (nSPS) is 20.0. The van der Waals surface area contributed by atoms with Gasteiger partial charge in [-0.25, -0.2) is 0 Å². The topological polar surface area (TPSA) is 76.5 Å². The fourth-order valence-electron chi connectivity index (χ4n) is 2.92. The van der Waals surface area contributed by atoms with Gasteiger partial charge < -0.3 is 10.6 Å². The highest BCUT2D eigenvalue weighted by Gasteiger charge is 2.33. The van der Waals surface area contributed by atoms with Gasteiger partial charge >= 0.3 is 0 Å². The second-order valence-electron chi connectivity index (χ2n) is 6.30. The van der Waals surface area contributed by atoms with Crippen LogP contribution >= 0.6 is 0 Å². The maximum absolute atomic E-state index is 12.4. The van der Waals surface area contributed by atoms with E-state index in [-0.39, 0.29) is 11.8 Å². The van der Waals surface area contributed by atoms with E-state index in [0.29, 0.717) is 6.54 Å². The highest BCUT2D eigenvalue weighted by atomic mass is 16.2. The maximum atomic E-state index is 12.4. The first kappa shape index (κ1) is 14.0. The van der Waals surface area contributed by atoms with Gasteiger partial charge in [0.2, 0.25) is 5.91 Å². The van der Waals surface area contributed by atoms with E-state index in [1.54, 1.807) is 13.8 Å². The number of likely N-dealkylation sites (tertiary alicyclic amines) is 1. The Labute approximate surface area is 123 Å². The molecule has 1 atom stereocenters. The molecule has 2 aromatic heterocycles. The van der Waals surface area contributed by atoms with Crippen LogP contribution in [0.1, 0.15) is 38.4 Å². The summed E-state index contributed by atoms with van der Waals surface area (Å²) in [5.41, 5.74) is 5.96. The molecule has 3 heterocycles. The average Bonchev–Trinajstić information content (AvgIpc) is 2.89. The molecule has 112 valence electrons. The summed E-state index contributed by atoms with van der Waals surface area (Å²) >= 11 is 0. The van der Waals surface area contributed by atoms with E-state index in [4.69, 9.17) is 5.73 Å². The number of rotatable bonds is 2. The molecule has 0 bridgehead atoms. The minimum absolute atomic E-state index is 0.000945. The summed E-state index contributed by atoms with van der Waals surface area (Å²) in [5, 5.41) is 8.52. The molecule has 21 heavy (non-hydrogen) atoms. The standard InChI is InChI=1S/C15H21N5O/c1-15(2,16)14(21)19-8-5-6-11(10-19)13-18-17-12-7-3-4-9-20(12)13/h3-4,7,9,11H,5-6,8,10,16H2,1-2H3. The second kappa shape index (κ2) is 5.11. The monoisotopic (exact) mass is 287 g/mol. The minimum Gasteiger partial charge on any atom is -0.340 e. The number of carbonyl (C=O) groups is 1. The van der Waals surface area contributed by atoms with E-state index in [1.807, 2.05) is 33.7 Å². The summed E-state index contributed by atoms with van der Waals surface area (Å²) in [7, 11) is 0. The van der Waals surface area contributed by atoms with Crippen molar-refractivity contribution in [1.29, 1.82) is 0 Å². The lowest BCUT2D eigenvalue weighted by molar-refractivity contribution is -0.137. The fraction of sp³-hybridized carbons (Fsp3) is 0.533. The van der Waals surface area contributed by atoms with Gasteiger partial charge in [0.15, 0.2) is 5.65 Å². The first-order valence-corrected chi connectivity index (χ1v) is 7.35. The second-order valence-corrected chi connectivity index (χ2v) is 6.30. The summed E-state index contributed by atoms with van der Waals surface area (Å²) in [6.45, 7) is 4.94. The van der Waals surface area contributed by atoms with Crippen molar-refractivity contribution in [3.63, 3.8) is 0 Å². The van der Waals surface area contributed by atoms with Crippen LogP contribution in [-0.2, 0) is 4.79 Å². The molecule has 2 aromatic rings. The Morgan fingerprint density at radius 3 is 2.95 bits per heavy atom. The van der Waals surface area contributed by atoms with Gasteiger partial charge in [-0.05, 0) is 38.8 Å². The third-order valence-corrected chi connectivity index (χ3v) is 3.97. The largest absolute Gasteiger partial charge is 0.340 e. The van der Waals surface area contributed by atoms with Crippen LogP contribution < -0.4 is 5.73 Å². The van der Waals surface area contributed by atoms with Crippen molar-refractivity contribution < 1.29 is 4.79 Å².